The van der Waals surface area contributed by atoms with Gasteiger partial charge in [-0.1, -0.05) is 11.3 Å². The van der Waals surface area contributed by atoms with Crippen molar-refractivity contribution < 1.29 is 9.53 Å². The fourth-order valence-corrected chi connectivity index (χ4v) is 1.80. The van der Waals surface area contributed by atoms with Gasteiger partial charge in [0.2, 0.25) is 0 Å². The Hall–Kier alpha value is -1.34. The van der Waals surface area contributed by atoms with Gasteiger partial charge in [0, 0.05) is 20.7 Å². The Kier molecular flexibility index (Phi) is 4.30. The number of nitrogens with zero attached hydrogens (tertiary/aromatic N) is 1. The number of nitrogens with one attached hydrogen (secondary N) is 2. The minimum absolute atomic E-state index is 0.230. The molecule has 0 aromatic carbocycles. The maximum Gasteiger partial charge on any atom is 0.265 e. The Bertz CT molecular complexity index is 403. The van der Waals surface area contributed by atoms with E-state index >= 15 is 0 Å². The van der Waals surface area contributed by atoms with Crippen LogP contribution in [0.15, 0.2) is 0 Å². The highest BCUT2D eigenvalue weighted by molar-refractivity contribution is 7.18. The number of aromatic nitrogens is 1. The summed E-state index contributed by atoms with van der Waals surface area (Å²) in [5, 5.41) is 6.24. The lowest BCUT2D eigenvalue weighted by molar-refractivity contribution is 0.0229. The van der Waals surface area contributed by atoms with Crippen LogP contribution in [0.1, 0.15) is 23.5 Å². The number of nitrogen functional groups attached to an aromatic ring is 1. The highest BCUT2D eigenvalue weighted by Crippen LogP contribution is 2.24. The van der Waals surface area contributed by atoms with Gasteiger partial charge in [-0.3, -0.25) is 4.79 Å². The van der Waals surface area contributed by atoms with Gasteiger partial charge < -0.3 is 21.1 Å². The first kappa shape index (κ1) is 13.7. The molecule has 0 unspecified atom stereocenters. The van der Waals surface area contributed by atoms with E-state index in [1.54, 1.807) is 14.2 Å². The minimum Gasteiger partial charge on any atom is -0.382 e. The normalized spacial score (nSPS) is 11.3. The third-order valence-corrected chi connectivity index (χ3v) is 3.39. The molecular weight excluding hydrogens is 240 g/mol. The van der Waals surface area contributed by atoms with Gasteiger partial charge in [0.1, 0.15) is 10.7 Å². The SMILES string of the molecule is CNc1nc(N)c(C(=O)NCC(C)(C)OC)s1. The predicted molar refractivity (Wildman–Crippen MR) is 69.5 cm³/mol. The van der Waals surface area contributed by atoms with Crippen LogP contribution in [0.5, 0.6) is 0 Å². The molecule has 4 N–H and O–H groups in total. The lowest BCUT2D eigenvalue weighted by Crippen LogP contribution is -2.39. The molecular formula is C10H18N4O2S. The number of ether oxygens (including phenoxy) is 1. The summed E-state index contributed by atoms with van der Waals surface area (Å²) in [6.45, 7) is 4.19. The van der Waals surface area contributed by atoms with Crippen molar-refractivity contribution in [2.75, 3.05) is 31.8 Å². The molecule has 0 spiro atoms. The molecule has 96 valence electrons. The molecule has 0 aliphatic rings. The van der Waals surface area contributed by atoms with Gasteiger partial charge >= 0.3 is 0 Å². The summed E-state index contributed by atoms with van der Waals surface area (Å²) in [7, 11) is 3.33. The van der Waals surface area contributed by atoms with Crippen molar-refractivity contribution in [2.24, 2.45) is 0 Å². The Morgan fingerprint density at radius 2 is 2.24 bits per heavy atom. The van der Waals surface area contributed by atoms with Gasteiger partial charge in [-0.15, -0.1) is 0 Å². The zero-order valence-corrected chi connectivity index (χ0v) is 11.3. The summed E-state index contributed by atoms with van der Waals surface area (Å²) in [5.41, 5.74) is 5.26. The summed E-state index contributed by atoms with van der Waals surface area (Å²) in [5.74, 6) is 0.0127. The molecule has 0 atom stereocenters. The second kappa shape index (κ2) is 5.33. The Morgan fingerprint density at radius 1 is 1.59 bits per heavy atom. The van der Waals surface area contributed by atoms with Crippen LogP contribution in [-0.2, 0) is 4.74 Å². The summed E-state index contributed by atoms with van der Waals surface area (Å²) in [4.78, 5) is 16.3. The number of nitrogens with two attached hydrogens (primary N) is 1. The first-order valence-electron chi connectivity index (χ1n) is 5.17. The van der Waals surface area contributed by atoms with E-state index in [9.17, 15) is 4.79 Å². The molecule has 0 aliphatic carbocycles. The zero-order chi connectivity index (χ0) is 13.1. The molecule has 1 heterocycles. The van der Waals surface area contributed by atoms with E-state index in [0.717, 1.165) is 0 Å². The van der Waals surface area contributed by atoms with Gasteiger partial charge in [0.15, 0.2) is 5.13 Å². The Morgan fingerprint density at radius 3 is 2.71 bits per heavy atom. The maximum absolute atomic E-state index is 11.9. The van der Waals surface area contributed by atoms with E-state index < -0.39 is 5.60 Å². The fourth-order valence-electron chi connectivity index (χ4n) is 1.05. The molecule has 17 heavy (non-hydrogen) atoms. The van der Waals surface area contributed by atoms with Gasteiger partial charge in [0.25, 0.3) is 5.91 Å². The maximum atomic E-state index is 11.9. The standard InChI is InChI=1S/C10H18N4O2S/c1-10(2,16-4)5-13-8(15)6-7(11)14-9(12-3)17-6/h5,11H2,1-4H3,(H,12,14)(H,13,15). The van der Waals surface area contributed by atoms with E-state index in [0.29, 0.717) is 16.6 Å². The van der Waals surface area contributed by atoms with Gasteiger partial charge in [0.05, 0.1) is 5.60 Å². The van der Waals surface area contributed by atoms with Gasteiger partial charge in [-0.2, -0.15) is 0 Å². The topological polar surface area (TPSA) is 89.3 Å². The third-order valence-electron chi connectivity index (χ3n) is 2.30. The molecule has 1 amide bonds. The van der Waals surface area contributed by atoms with Crippen LogP contribution in [0.2, 0.25) is 0 Å². The molecule has 7 heteroatoms. The second-order valence-electron chi connectivity index (χ2n) is 4.13. The Labute approximate surface area is 105 Å². The monoisotopic (exact) mass is 258 g/mol. The van der Waals surface area contributed by atoms with Crippen LogP contribution in [-0.4, -0.2) is 37.2 Å². The molecule has 1 rings (SSSR count). The van der Waals surface area contributed by atoms with E-state index in [1.165, 1.54) is 11.3 Å². The van der Waals surface area contributed by atoms with Crippen molar-refractivity contribution in [1.82, 2.24) is 10.3 Å². The molecule has 0 aliphatic heterocycles. The molecule has 0 radical (unpaired) electrons. The van der Waals surface area contributed by atoms with Crippen LogP contribution in [0, 0.1) is 0 Å². The number of carbonyl (C=O) groups is 1. The average molecular weight is 258 g/mol. The molecule has 0 saturated heterocycles. The lowest BCUT2D eigenvalue weighted by atomic mass is 10.1. The van der Waals surface area contributed by atoms with Crippen LogP contribution < -0.4 is 16.4 Å². The zero-order valence-electron chi connectivity index (χ0n) is 10.5. The van der Waals surface area contributed by atoms with Crippen LogP contribution in [0.4, 0.5) is 10.9 Å². The van der Waals surface area contributed by atoms with Gasteiger partial charge in [-0.25, -0.2) is 4.98 Å². The minimum atomic E-state index is -0.402. The largest absolute Gasteiger partial charge is 0.382 e. The summed E-state index contributed by atoms with van der Waals surface area (Å²) >= 11 is 1.23. The van der Waals surface area contributed by atoms with E-state index in [1.807, 2.05) is 13.8 Å². The van der Waals surface area contributed by atoms with E-state index in [-0.39, 0.29) is 11.7 Å². The van der Waals surface area contributed by atoms with Gasteiger partial charge in [-0.05, 0) is 13.8 Å². The molecule has 6 nitrogen and oxygen atoms in total. The van der Waals surface area contributed by atoms with Crippen molar-refractivity contribution in [3.63, 3.8) is 0 Å². The summed E-state index contributed by atoms with van der Waals surface area (Å²) < 4.78 is 5.21. The number of anilines is 2. The number of hydrogen-bond acceptors (Lipinski definition) is 6. The highest BCUT2D eigenvalue weighted by Gasteiger charge is 2.20. The highest BCUT2D eigenvalue weighted by atomic mass is 32.1. The predicted octanol–water partition coefficient (Wildman–Crippen LogP) is 0.922. The molecule has 0 saturated carbocycles. The second-order valence-corrected chi connectivity index (χ2v) is 5.13. The van der Waals surface area contributed by atoms with Crippen LogP contribution in [0.3, 0.4) is 0 Å². The molecule has 1 aromatic heterocycles. The lowest BCUT2D eigenvalue weighted by Gasteiger charge is -2.22. The van der Waals surface area contributed by atoms with Crippen molar-refractivity contribution in [3.8, 4) is 0 Å². The number of methoxy groups -OCH3 is 1. The van der Waals surface area contributed by atoms with Crippen molar-refractivity contribution >= 4 is 28.2 Å². The van der Waals surface area contributed by atoms with E-state index in [2.05, 4.69) is 15.6 Å². The first-order valence-corrected chi connectivity index (χ1v) is 5.98. The van der Waals surface area contributed by atoms with Crippen molar-refractivity contribution in [3.05, 3.63) is 4.88 Å². The number of carbonyl (C=O) groups excluding carboxylic acids is 1. The molecule has 0 fully saturated rings. The average Bonchev–Trinajstić information content (AvgIpc) is 2.68. The summed E-state index contributed by atoms with van der Waals surface area (Å²) in [6, 6.07) is 0. The fraction of sp³-hybridized carbons (Fsp3) is 0.600. The van der Waals surface area contributed by atoms with Crippen LogP contribution >= 0.6 is 11.3 Å². The quantitative estimate of drug-likeness (QED) is 0.731. The summed E-state index contributed by atoms with van der Waals surface area (Å²) in [6.07, 6.45) is 0. The Balaban J connectivity index is 2.67. The molecule has 0 bridgehead atoms. The van der Waals surface area contributed by atoms with E-state index in [4.69, 9.17) is 10.5 Å². The number of amides is 1. The molecule has 1 aromatic rings. The van der Waals surface area contributed by atoms with Crippen molar-refractivity contribution in [2.45, 2.75) is 19.4 Å². The smallest absolute Gasteiger partial charge is 0.265 e. The number of thiazole rings is 1. The van der Waals surface area contributed by atoms with Crippen molar-refractivity contribution in [1.29, 1.82) is 0 Å². The van der Waals surface area contributed by atoms with Crippen LogP contribution in [0.25, 0.3) is 0 Å². The first-order chi connectivity index (χ1) is 7.89. The third kappa shape index (κ3) is 3.57. The number of hydrogen-bond donors (Lipinski definition) is 3. The number of rotatable bonds is 5.